The Morgan fingerprint density at radius 1 is 1.35 bits per heavy atom. The number of nitrogens with zero attached hydrogens (tertiary/aromatic N) is 1. The number of rotatable bonds is 2. The number of piperidine rings is 1. The van der Waals surface area contributed by atoms with Crippen LogP contribution in [0.2, 0.25) is 0 Å². The Bertz CT molecular complexity index is 439. The highest BCUT2D eigenvalue weighted by molar-refractivity contribution is 5.89. The second-order valence-electron chi connectivity index (χ2n) is 7.76. The summed E-state index contributed by atoms with van der Waals surface area (Å²) in [7, 11) is 1.37. The number of carbonyl (C=O) groups excluding carboxylic acids is 2. The number of likely N-dealkylation sites (tertiary alicyclic amines) is 1. The van der Waals surface area contributed by atoms with Crippen molar-refractivity contribution in [1.82, 2.24) is 4.90 Å². The number of nitrogens with two attached hydrogens (primary N) is 1. The Morgan fingerprint density at radius 2 is 1.90 bits per heavy atom. The quantitative estimate of drug-likeness (QED) is 0.767. The Labute approximate surface area is 120 Å². The summed E-state index contributed by atoms with van der Waals surface area (Å²) in [6, 6.07) is -1.07. The van der Waals surface area contributed by atoms with Gasteiger partial charge in [-0.3, -0.25) is 4.79 Å². The summed E-state index contributed by atoms with van der Waals surface area (Å²) < 4.78 is 4.90. The number of carbonyl (C=O) groups is 2. The fourth-order valence-electron chi connectivity index (χ4n) is 3.45. The molecule has 0 spiro atoms. The van der Waals surface area contributed by atoms with Crippen LogP contribution < -0.4 is 5.73 Å². The van der Waals surface area contributed by atoms with Crippen molar-refractivity contribution in [1.29, 1.82) is 0 Å². The van der Waals surface area contributed by atoms with Gasteiger partial charge in [-0.25, -0.2) is 4.79 Å². The second-order valence-corrected chi connectivity index (χ2v) is 7.76. The molecule has 1 aliphatic heterocycles. The predicted molar refractivity (Wildman–Crippen MR) is 75.7 cm³/mol. The van der Waals surface area contributed by atoms with E-state index in [-0.39, 0.29) is 28.6 Å². The lowest BCUT2D eigenvalue weighted by Gasteiger charge is -2.35. The lowest BCUT2D eigenvalue weighted by atomic mass is 9.86. The molecule has 1 aliphatic carbocycles. The van der Waals surface area contributed by atoms with Gasteiger partial charge in [-0.1, -0.05) is 34.6 Å². The van der Waals surface area contributed by atoms with Gasteiger partial charge < -0.3 is 15.4 Å². The lowest BCUT2D eigenvalue weighted by Crippen LogP contribution is -2.55. The van der Waals surface area contributed by atoms with Gasteiger partial charge >= 0.3 is 5.97 Å². The first-order valence-corrected chi connectivity index (χ1v) is 7.17. The van der Waals surface area contributed by atoms with E-state index < -0.39 is 12.1 Å². The number of amides is 1. The number of hydrogen-bond donors (Lipinski definition) is 1. The summed E-state index contributed by atoms with van der Waals surface area (Å²) in [6.07, 6.45) is 0. The Balaban J connectivity index is 2.21. The summed E-state index contributed by atoms with van der Waals surface area (Å²) >= 11 is 0. The lowest BCUT2D eigenvalue weighted by molar-refractivity contribution is -0.154. The van der Waals surface area contributed by atoms with Crippen molar-refractivity contribution in [3.63, 3.8) is 0 Å². The minimum Gasteiger partial charge on any atom is -0.467 e. The number of methoxy groups -OCH3 is 1. The van der Waals surface area contributed by atoms with Crippen LogP contribution in [0.5, 0.6) is 0 Å². The highest BCUT2D eigenvalue weighted by atomic mass is 16.5. The van der Waals surface area contributed by atoms with E-state index in [9.17, 15) is 9.59 Å². The molecule has 2 fully saturated rings. The van der Waals surface area contributed by atoms with Gasteiger partial charge in [0.15, 0.2) is 0 Å². The molecule has 5 heteroatoms. The third kappa shape index (κ3) is 2.12. The number of ether oxygens (including phenoxy) is 1. The minimum absolute atomic E-state index is 0.113. The maximum atomic E-state index is 12.6. The molecule has 4 atom stereocenters. The van der Waals surface area contributed by atoms with Crippen molar-refractivity contribution >= 4 is 11.9 Å². The smallest absolute Gasteiger partial charge is 0.328 e. The summed E-state index contributed by atoms with van der Waals surface area (Å²) in [4.78, 5) is 26.3. The van der Waals surface area contributed by atoms with Gasteiger partial charge in [-0.2, -0.15) is 0 Å². The van der Waals surface area contributed by atoms with Crippen LogP contribution in [0.3, 0.4) is 0 Å². The van der Waals surface area contributed by atoms with E-state index in [2.05, 4.69) is 13.8 Å². The first-order chi connectivity index (χ1) is 9.03. The Morgan fingerprint density at radius 3 is 2.35 bits per heavy atom. The molecular weight excluding hydrogens is 256 g/mol. The largest absolute Gasteiger partial charge is 0.467 e. The van der Waals surface area contributed by atoms with E-state index >= 15 is 0 Å². The van der Waals surface area contributed by atoms with E-state index in [1.807, 2.05) is 20.8 Å². The number of fused-ring (bicyclic) bond motifs is 1. The zero-order chi connectivity index (χ0) is 15.5. The molecule has 0 aromatic carbocycles. The van der Waals surface area contributed by atoms with Gasteiger partial charge in [-0.15, -0.1) is 0 Å². The summed E-state index contributed by atoms with van der Waals surface area (Å²) in [5, 5.41) is 0. The Hall–Kier alpha value is -1.10. The van der Waals surface area contributed by atoms with Crippen molar-refractivity contribution in [3.8, 4) is 0 Å². The van der Waals surface area contributed by atoms with Crippen molar-refractivity contribution in [2.75, 3.05) is 13.7 Å². The molecule has 2 aliphatic rings. The average Bonchev–Trinajstić information content (AvgIpc) is 2.75. The van der Waals surface area contributed by atoms with E-state index in [0.29, 0.717) is 12.5 Å². The molecular formula is C15H26N2O3. The third-order valence-corrected chi connectivity index (χ3v) is 5.13. The number of hydrogen-bond acceptors (Lipinski definition) is 4. The van der Waals surface area contributed by atoms with Gasteiger partial charge in [0.2, 0.25) is 5.91 Å². The van der Waals surface area contributed by atoms with Gasteiger partial charge in [0.05, 0.1) is 13.2 Å². The van der Waals surface area contributed by atoms with Crippen LogP contribution in [-0.2, 0) is 14.3 Å². The molecule has 4 unspecified atom stereocenters. The average molecular weight is 282 g/mol. The van der Waals surface area contributed by atoms with Gasteiger partial charge in [0, 0.05) is 12.5 Å². The van der Waals surface area contributed by atoms with Crippen molar-refractivity contribution in [3.05, 3.63) is 0 Å². The molecule has 2 rings (SSSR count). The molecule has 0 radical (unpaired) electrons. The topological polar surface area (TPSA) is 72.6 Å². The minimum atomic E-state index is -0.602. The van der Waals surface area contributed by atoms with Crippen molar-refractivity contribution in [2.45, 2.75) is 46.7 Å². The van der Waals surface area contributed by atoms with Crippen molar-refractivity contribution < 1.29 is 14.3 Å². The zero-order valence-electron chi connectivity index (χ0n) is 13.3. The van der Waals surface area contributed by atoms with Crippen LogP contribution in [0.1, 0.15) is 34.6 Å². The maximum absolute atomic E-state index is 12.6. The molecule has 0 aromatic rings. The van der Waals surface area contributed by atoms with Crippen LogP contribution in [0.15, 0.2) is 0 Å². The van der Waals surface area contributed by atoms with Gasteiger partial charge in [-0.05, 0) is 16.7 Å². The molecule has 5 nitrogen and oxygen atoms in total. The molecule has 0 aromatic heterocycles. The molecule has 1 heterocycles. The second kappa shape index (κ2) is 4.45. The molecule has 2 N–H and O–H groups in total. The Kier molecular flexibility index (Phi) is 3.40. The van der Waals surface area contributed by atoms with E-state index in [0.717, 1.165) is 0 Å². The van der Waals surface area contributed by atoms with Crippen LogP contribution in [0, 0.1) is 22.7 Å². The van der Waals surface area contributed by atoms with Crippen LogP contribution in [0.25, 0.3) is 0 Å². The summed E-state index contributed by atoms with van der Waals surface area (Å²) in [5.74, 6) is 0.113. The SMILES string of the molecule is COC(=O)C1C2C(CN1C(=O)C(N)C(C)(C)C)C2(C)C. The monoisotopic (exact) mass is 282 g/mol. The summed E-state index contributed by atoms with van der Waals surface area (Å²) in [5.41, 5.74) is 5.86. The summed E-state index contributed by atoms with van der Waals surface area (Å²) in [6.45, 7) is 10.7. The maximum Gasteiger partial charge on any atom is 0.328 e. The molecule has 20 heavy (non-hydrogen) atoms. The van der Waals surface area contributed by atoms with E-state index in [4.69, 9.17) is 10.5 Å². The molecule has 114 valence electrons. The number of esters is 1. The fraction of sp³-hybridized carbons (Fsp3) is 0.867. The van der Waals surface area contributed by atoms with Crippen LogP contribution in [0.4, 0.5) is 0 Å². The van der Waals surface area contributed by atoms with E-state index in [1.165, 1.54) is 7.11 Å². The highest BCUT2D eigenvalue weighted by Gasteiger charge is 2.70. The van der Waals surface area contributed by atoms with Gasteiger partial charge in [0.25, 0.3) is 0 Å². The van der Waals surface area contributed by atoms with Gasteiger partial charge in [0.1, 0.15) is 6.04 Å². The normalized spacial score (nSPS) is 32.5. The van der Waals surface area contributed by atoms with Crippen LogP contribution >= 0.6 is 0 Å². The van der Waals surface area contributed by atoms with Crippen molar-refractivity contribution in [2.24, 2.45) is 28.4 Å². The molecule has 0 bridgehead atoms. The predicted octanol–water partition coefficient (Wildman–Crippen LogP) is 1.02. The highest BCUT2D eigenvalue weighted by Crippen LogP contribution is 2.65. The first kappa shape index (κ1) is 15.3. The molecule has 1 saturated carbocycles. The standard InChI is InChI=1S/C15H26N2O3/c1-14(2,3)11(16)12(18)17-7-8-9(15(8,4)5)10(17)13(19)20-6/h8-11H,7,16H2,1-6H3. The molecule has 1 amide bonds. The first-order valence-electron chi connectivity index (χ1n) is 7.17. The zero-order valence-corrected chi connectivity index (χ0v) is 13.3. The van der Waals surface area contributed by atoms with E-state index in [1.54, 1.807) is 4.90 Å². The van der Waals surface area contributed by atoms with Crippen LogP contribution in [-0.4, -0.2) is 42.5 Å². The third-order valence-electron chi connectivity index (χ3n) is 5.13. The fourth-order valence-corrected chi connectivity index (χ4v) is 3.45. The molecule has 1 saturated heterocycles.